The fraction of sp³-hybridized carbons (Fsp3) is 0.500. The fourth-order valence-corrected chi connectivity index (χ4v) is 2.04. The number of aliphatic hydroxyl groups excluding tert-OH is 1. The van der Waals surface area contributed by atoms with Crippen molar-refractivity contribution in [2.24, 2.45) is 0 Å². The molecule has 1 aliphatic heterocycles. The zero-order chi connectivity index (χ0) is 13.4. The summed E-state index contributed by atoms with van der Waals surface area (Å²) >= 11 is 0. The molecular formula is C10H13N5O4. The van der Waals surface area contributed by atoms with Crippen LogP contribution in [0.4, 0.5) is 5.95 Å². The molecular weight excluding hydrogens is 254 g/mol. The maximum absolute atomic E-state index is 11.7. The highest BCUT2D eigenvalue weighted by molar-refractivity contribution is 5.70. The Bertz CT molecular complexity index is 651. The maximum atomic E-state index is 11.7. The lowest BCUT2D eigenvalue weighted by Gasteiger charge is -2.29. The Labute approximate surface area is 107 Å². The molecule has 3 heterocycles. The summed E-state index contributed by atoms with van der Waals surface area (Å²) in [7, 11) is 0. The first kappa shape index (κ1) is 12.1. The molecule has 0 saturated carbocycles. The largest absolute Gasteiger partial charge is 0.391 e. The number of hydrogen-bond donors (Lipinski definition) is 3. The van der Waals surface area contributed by atoms with E-state index in [1.807, 2.05) is 0 Å². The second-order valence-electron chi connectivity index (χ2n) is 4.14. The van der Waals surface area contributed by atoms with Gasteiger partial charge in [-0.2, -0.15) is 4.98 Å². The van der Waals surface area contributed by atoms with Gasteiger partial charge in [-0.3, -0.25) is 14.3 Å². The summed E-state index contributed by atoms with van der Waals surface area (Å²) < 4.78 is 12.3. The van der Waals surface area contributed by atoms with Crippen LogP contribution in [0.15, 0.2) is 11.1 Å². The van der Waals surface area contributed by atoms with Gasteiger partial charge in [-0.1, -0.05) is 0 Å². The van der Waals surface area contributed by atoms with Crippen molar-refractivity contribution in [3.05, 3.63) is 16.7 Å². The quantitative estimate of drug-likeness (QED) is 0.633. The van der Waals surface area contributed by atoms with Gasteiger partial charge >= 0.3 is 0 Å². The molecule has 0 unspecified atom stereocenters. The molecule has 0 amide bonds. The molecule has 0 bridgehead atoms. The zero-order valence-corrected chi connectivity index (χ0v) is 9.94. The van der Waals surface area contributed by atoms with E-state index in [2.05, 4.69) is 15.0 Å². The van der Waals surface area contributed by atoms with E-state index in [0.717, 1.165) is 0 Å². The van der Waals surface area contributed by atoms with Crippen LogP contribution in [0.5, 0.6) is 0 Å². The second kappa shape index (κ2) is 4.61. The lowest BCUT2D eigenvalue weighted by atomic mass is 10.3. The number of aromatic nitrogens is 4. The minimum atomic E-state index is -0.685. The highest BCUT2D eigenvalue weighted by Crippen LogP contribution is 2.24. The van der Waals surface area contributed by atoms with Gasteiger partial charge in [0.2, 0.25) is 5.95 Å². The number of ether oxygens (including phenoxy) is 2. The molecule has 9 heteroatoms. The van der Waals surface area contributed by atoms with Gasteiger partial charge in [0.05, 0.1) is 19.5 Å². The molecule has 4 N–H and O–H groups in total. The van der Waals surface area contributed by atoms with E-state index in [4.69, 9.17) is 20.3 Å². The number of nitrogens with zero attached hydrogens (tertiary/aromatic N) is 3. The number of nitrogens with one attached hydrogen (secondary N) is 1. The molecule has 0 aliphatic carbocycles. The van der Waals surface area contributed by atoms with Crippen LogP contribution < -0.4 is 11.3 Å². The van der Waals surface area contributed by atoms with Crippen molar-refractivity contribution in [3.63, 3.8) is 0 Å². The Morgan fingerprint density at radius 2 is 2.47 bits per heavy atom. The van der Waals surface area contributed by atoms with Crippen molar-refractivity contribution in [3.8, 4) is 0 Å². The SMILES string of the molecule is Nc1nc2c(ncn2[C@H]2CCO[C@@H](CO)O2)c(=O)[nH]1. The summed E-state index contributed by atoms with van der Waals surface area (Å²) in [5.41, 5.74) is 5.68. The lowest BCUT2D eigenvalue weighted by molar-refractivity contribution is -0.245. The number of H-pyrrole nitrogens is 1. The predicted molar refractivity (Wildman–Crippen MR) is 64.1 cm³/mol. The first-order valence-electron chi connectivity index (χ1n) is 5.79. The predicted octanol–water partition coefficient (Wildman–Crippen LogP) is -1.04. The van der Waals surface area contributed by atoms with E-state index >= 15 is 0 Å². The van der Waals surface area contributed by atoms with Crippen LogP contribution in [-0.4, -0.2) is 44.1 Å². The third-order valence-electron chi connectivity index (χ3n) is 2.89. The van der Waals surface area contributed by atoms with Gasteiger partial charge in [-0.05, 0) is 0 Å². The molecule has 2 atom stereocenters. The highest BCUT2D eigenvalue weighted by Gasteiger charge is 2.25. The number of anilines is 1. The van der Waals surface area contributed by atoms with Gasteiger partial charge < -0.3 is 20.3 Å². The minimum Gasteiger partial charge on any atom is -0.391 e. The summed E-state index contributed by atoms with van der Waals surface area (Å²) in [6.07, 6.45) is 0.952. The minimum absolute atomic E-state index is 0.0185. The van der Waals surface area contributed by atoms with Crippen molar-refractivity contribution in [1.82, 2.24) is 19.5 Å². The van der Waals surface area contributed by atoms with E-state index in [1.165, 1.54) is 6.33 Å². The van der Waals surface area contributed by atoms with Crippen LogP contribution in [0, 0.1) is 0 Å². The average Bonchev–Trinajstić information content (AvgIpc) is 2.82. The Hall–Kier alpha value is -1.97. The van der Waals surface area contributed by atoms with Crippen molar-refractivity contribution in [1.29, 1.82) is 0 Å². The van der Waals surface area contributed by atoms with Crippen LogP contribution in [-0.2, 0) is 9.47 Å². The van der Waals surface area contributed by atoms with E-state index in [0.29, 0.717) is 18.7 Å². The van der Waals surface area contributed by atoms with Crippen LogP contribution in [0.3, 0.4) is 0 Å². The van der Waals surface area contributed by atoms with Gasteiger partial charge in [0.1, 0.15) is 6.23 Å². The summed E-state index contributed by atoms with van der Waals surface area (Å²) in [6, 6.07) is 0. The number of hydrogen-bond acceptors (Lipinski definition) is 7. The Balaban J connectivity index is 2.03. The summed E-state index contributed by atoms with van der Waals surface area (Å²) in [6.45, 7) is 0.202. The highest BCUT2D eigenvalue weighted by atomic mass is 16.7. The Kier molecular flexibility index (Phi) is 2.93. The molecule has 0 aromatic carbocycles. The van der Waals surface area contributed by atoms with Crippen LogP contribution in [0.25, 0.3) is 11.2 Å². The molecule has 1 aliphatic rings. The smallest absolute Gasteiger partial charge is 0.280 e. The standard InChI is InChI=1S/C10H13N5O4/c11-10-13-8-7(9(17)14-10)12-4-15(8)5-1-2-18-6(3-16)19-5/h4-6,16H,1-3H2,(H3,11,13,14,17)/t5-,6-/m1/s1. The van der Waals surface area contributed by atoms with Crippen molar-refractivity contribution in [2.45, 2.75) is 18.9 Å². The molecule has 1 fully saturated rings. The molecule has 0 radical (unpaired) electrons. The molecule has 9 nitrogen and oxygen atoms in total. The Morgan fingerprint density at radius 3 is 3.26 bits per heavy atom. The summed E-state index contributed by atoms with van der Waals surface area (Å²) in [5.74, 6) is 0.0185. The third-order valence-corrected chi connectivity index (χ3v) is 2.89. The van der Waals surface area contributed by atoms with Crippen LogP contribution in [0.1, 0.15) is 12.6 Å². The summed E-state index contributed by atoms with van der Waals surface area (Å²) in [4.78, 5) is 22.1. The van der Waals surface area contributed by atoms with Gasteiger partial charge in [0.25, 0.3) is 5.56 Å². The van der Waals surface area contributed by atoms with Gasteiger partial charge in [-0.15, -0.1) is 0 Å². The molecule has 102 valence electrons. The first-order chi connectivity index (χ1) is 9.19. The van der Waals surface area contributed by atoms with E-state index < -0.39 is 18.1 Å². The fourth-order valence-electron chi connectivity index (χ4n) is 2.04. The molecule has 3 rings (SSSR count). The molecule has 2 aromatic heterocycles. The summed E-state index contributed by atoms with van der Waals surface area (Å²) in [5, 5.41) is 9.04. The number of imidazole rings is 1. The van der Waals surface area contributed by atoms with Crippen LogP contribution in [0.2, 0.25) is 0 Å². The average molecular weight is 267 g/mol. The number of nitrogen functional groups attached to an aromatic ring is 1. The van der Waals surface area contributed by atoms with E-state index in [-0.39, 0.29) is 18.1 Å². The number of rotatable bonds is 2. The number of nitrogens with two attached hydrogens (primary N) is 1. The molecule has 19 heavy (non-hydrogen) atoms. The molecule has 2 aromatic rings. The van der Waals surface area contributed by atoms with Crippen molar-refractivity contribution >= 4 is 17.1 Å². The Morgan fingerprint density at radius 1 is 1.63 bits per heavy atom. The second-order valence-corrected chi connectivity index (χ2v) is 4.14. The monoisotopic (exact) mass is 267 g/mol. The number of aliphatic hydroxyl groups is 1. The van der Waals surface area contributed by atoms with Gasteiger partial charge in [0, 0.05) is 6.42 Å². The normalized spacial score (nSPS) is 23.8. The molecule has 0 spiro atoms. The van der Waals surface area contributed by atoms with Gasteiger partial charge in [-0.25, -0.2) is 4.98 Å². The van der Waals surface area contributed by atoms with Crippen molar-refractivity contribution < 1.29 is 14.6 Å². The topological polar surface area (TPSA) is 128 Å². The lowest BCUT2D eigenvalue weighted by Crippen LogP contribution is -2.32. The first-order valence-corrected chi connectivity index (χ1v) is 5.79. The molecule has 1 saturated heterocycles. The zero-order valence-electron chi connectivity index (χ0n) is 9.94. The maximum Gasteiger partial charge on any atom is 0.280 e. The third kappa shape index (κ3) is 2.07. The van der Waals surface area contributed by atoms with E-state index in [1.54, 1.807) is 4.57 Å². The number of fused-ring (bicyclic) bond motifs is 1. The number of aromatic amines is 1. The van der Waals surface area contributed by atoms with E-state index in [9.17, 15) is 4.79 Å². The van der Waals surface area contributed by atoms with Gasteiger partial charge in [0.15, 0.2) is 17.5 Å². The van der Waals surface area contributed by atoms with Crippen LogP contribution >= 0.6 is 0 Å². The van der Waals surface area contributed by atoms with Crippen molar-refractivity contribution in [2.75, 3.05) is 18.9 Å².